The maximum absolute atomic E-state index is 12.7. The molecule has 0 fully saturated rings. The molecule has 1 N–H and O–H groups in total. The lowest BCUT2D eigenvalue weighted by atomic mass is 9.87. The molecule has 2 atom stereocenters. The molecule has 0 unspecified atom stereocenters. The average Bonchev–Trinajstić information content (AvgIpc) is 3.22. The van der Waals surface area contributed by atoms with Crippen molar-refractivity contribution in [2.24, 2.45) is 5.92 Å². The number of aromatic nitrogens is 2. The van der Waals surface area contributed by atoms with Gasteiger partial charge in [0.15, 0.2) is 11.9 Å². The van der Waals surface area contributed by atoms with Crippen molar-refractivity contribution in [2.75, 3.05) is 0 Å². The number of aryl methyl sites for hydroxylation is 3. The van der Waals surface area contributed by atoms with Crippen molar-refractivity contribution in [1.82, 2.24) is 9.97 Å². The lowest BCUT2D eigenvalue weighted by molar-refractivity contribution is 0.0326. The summed E-state index contributed by atoms with van der Waals surface area (Å²) in [6, 6.07) is 1.99. The Balaban J connectivity index is 1.55. The summed E-state index contributed by atoms with van der Waals surface area (Å²) in [6.07, 6.45) is 3.85. The Labute approximate surface area is 171 Å². The summed E-state index contributed by atoms with van der Waals surface area (Å²) in [5.74, 6) is 0.754. The summed E-state index contributed by atoms with van der Waals surface area (Å²) in [5.41, 5.74) is 2.07. The molecule has 0 saturated carbocycles. The first-order valence-electron chi connectivity index (χ1n) is 9.69. The molecule has 4 rings (SSSR count). The number of fused-ring (bicyclic) bond motifs is 2. The number of rotatable bonds is 4. The molecule has 0 radical (unpaired) electrons. The van der Waals surface area contributed by atoms with Gasteiger partial charge in [-0.25, -0.2) is 9.78 Å². The number of thiophene rings is 2. The Morgan fingerprint density at radius 1 is 1.39 bits per heavy atom. The summed E-state index contributed by atoms with van der Waals surface area (Å²) in [4.78, 5) is 36.2. The van der Waals surface area contributed by atoms with E-state index in [1.165, 1.54) is 46.0 Å². The van der Waals surface area contributed by atoms with Crippen LogP contribution in [-0.2, 0) is 17.6 Å². The van der Waals surface area contributed by atoms with Crippen LogP contribution in [0.25, 0.3) is 10.2 Å². The molecule has 1 aliphatic rings. The molecular formula is C21H24N2O3S2. The quantitative estimate of drug-likeness (QED) is 0.601. The lowest BCUT2D eigenvalue weighted by Gasteiger charge is -2.19. The highest BCUT2D eigenvalue weighted by atomic mass is 32.1. The second-order valence-corrected chi connectivity index (χ2v) is 9.88. The number of carbonyl (C=O) groups excluding carboxylic acids is 1. The number of hydrogen-bond donors (Lipinski definition) is 1. The van der Waals surface area contributed by atoms with E-state index in [1.807, 2.05) is 19.9 Å². The zero-order chi connectivity index (χ0) is 20.0. The van der Waals surface area contributed by atoms with Crippen LogP contribution in [0.5, 0.6) is 0 Å². The first-order chi connectivity index (χ1) is 13.4. The molecular weight excluding hydrogens is 392 g/mol. The Kier molecular flexibility index (Phi) is 5.14. The van der Waals surface area contributed by atoms with Crippen LogP contribution in [0, 0.1) is 19.8 Å². The van der Waals surface area contributed by atoms with Gasteiger partial charge in [0.2, 0.25) is 0 Å². The number of H-pyrrole nitrogens is 1. The van der Waals surface area contributed by atoms with Gasteiger partial charge in [-0.05, 0) is 63.1 Å². The van der Waals surface area contributed by atoms with E-state index in [0.29, 0.717) is 26.8 Å². The molecule has 0 saturated heterocycles. The summed E-state index contributed by atoms with van der Waals surface area (Å²) >= 11 is 3.03. The van der Waals surface area contributed by atoms with Crippen LogP contribution in [-0.4, -0.2) is 15.9 Å². The van der Waals surface area contributed by atoms with Crippen molar-refractivity contribution in [3.8, 4) is 0 Å². The van der Waals surface area contributed by atoms with Crippen molar-refractivity contribution in [1.29, 1.82) is 0 Å². The molecule has 0 spiro atoms. The Morgan fingerprint density at radius 3 is 2.93 bits per heavy atom. The molecule has 3 aromatic heterocycles. The number of nitrogens with zero attached hydrogens (tertiary/aromatic N) is 1. The smallest absolute Gasteiger partial charge is 0.349 e. The number of carbonyl (C=O) groups is 1. The normalized spacial score (nSPS) is 17.5. The molecule has 1 aliphatic carbocycles. The van der Waals surface area contributed by atoms with Crippen molar-refractivity contribution in [2.45, 2.75) is 59.5 Å². The predicted molar refractivity (Wildman–Crippen MR) is 114 cm³/mol. The second-order valence-electron chi connectivity index (χ2n) is 7.54. The van der Waals surface area contributed by atoms with Crippen molar-refractivity contribution < 1.29 is 9.53 Å². The van der Waals surface area contributed by atoms with Gasteiger partial charge in [-0.15, -0.1) is 22.7 Å². The molecule has 7 heteroatoms. The highest BCUT2D eigenvalue weighted by molar-refractivity contribution is 7.18. The summed E-state index contributed by atoms with van der Waals surface area (Å²) in [7, 11) is 0. The SMILES string of the molecule is CC[C@H]1CCc2sc(C(=O)O[C@H](C)c3nc4sc(C)c(C)c4c(=O)[nH]3)cc2C1. The van der Waals surface area contributed by atoms with Gasteiger partial charge >= 0.3 is 5.97 Å². The van der Waals surface area contributed by atoms with Gasteiger partial charge in [0.25, 0.3) is 5.56 Å². The lowest BCUT2D eigenvalue weighted by Crippen LogP contribution is -2.17. The monoisotopic (exact) mass is 416 g/mol. The number of nitrogens with one attached hydrogen (secondary N) is 1. The summed E-state index contributed by atoms with van der Waals surface area (Å²) in [6.45, 7) is 7.87. The van der Waals surface area contributed by atoms with Crippen LogP contribution in [0.15, 0.2) is 10.9 Å². The van der Waals surface area contributed by atoms with Crippen LogP contribution in [0.4, 0.5) is 0 Å². The number of esters is 1. The molecule has 0 amide bonds. The van der Waals surface area contributed by atoms with E-state index in [0.717, 1.165) is 23.3 Å². The second kappa shape index (κ2) is 7.44. The van der Waals surface area contributed by atoms with Crippen LogP contribution < -0.4 is 5.56 Å². The summed E-state index contributed by atoms with van der Waals surface area (Å²) in [5, 5.41) is 0.626. The van der Waals surface area contributed by atoms with Crippen molar-refractivity contribution >= 4 is 38.9 Å². The molecule has 0 aliphatic heterocycles. The van der Waals surface area contributed by atoms with E-state index >= 15 is 0 Å². The van der Waals surface area contributed by atoms with Crippen LogP contribution in [0.1, 0.15) is 69.2 Å². The maximum atomic E-state index is 12.7. The molecule has 0 bridgehead atoms. The fourth-order valence-electron chi connectivity index (χ4n) is 3.79. The van der Waals surface area contributed by atoms with E-state index in [9.17, 15) is 9.59 Å². The Hall–Kier alpha value is -1.99. The van der Waals surface area contributed by atoms with Crippen LogP contribution >= 0.6 is 22.7 Å². The van der Waals surface area contributed by atoms with Crippen molar-refractivity contribution in [3.05, 3.63) is 48.0 Å². The fourth-order valence-corrected chi connectivity index (χ4v) is 5.91. The molecule has 28 heavy (non-hydrogen) atoms. The predicted octanol–water partition coefficient (Wildman–Crippen LogP) is 5.10. The third kappa shape index (κ3) is 3.42. The first kappa shape index (κ1) is 19.3. The Bertz CT molecular complexity index is 1110. The molecule has 5 nitrogen and oxygen atoms in total. The molecule has 148 valence electrons. The Morgan fingerprint density at radius 2 is 2.18 bits per heavy atom. The van der Waals surface area contributed by atoms with E-state index < -0.39 is 6.10 Å². The van der Waals surface area contributed by atoms with Gasteiger partial charge in [-0.3, -0.25) is 4.79 Å². The fraction of sp³-hybridized carbons (Fsp3) is 0.476. The third-order valence-electron chi connectivity index (χ3n) is 5.69. The minimum absolute atomic E-state index is 0.179. The van der Waals surface area contributed by atoms with Crippen molar-refractivity contribution in [3.63, 3.8) is 0 Å². The first-order valence-corrected chi connectivity index (χ1v) is 11.3. The van der Waals surface area contributed by atoms with Crippen LogP contribution in [0.3, 0.4) is 0 Å². The van der Waals surface area contributed by atoms with Gasteiger partial charge in [-0.1, -0.05) is 13.3 Å². The van der Waals surface area contributed by atoms with Gasteiger partial charge in [0, 0.05) is 9.75 Å². The molecule has 3 heterocycles. The highest BCUT2D eigenvalue weighted by Crippen LogP contribution is 2.34. The minimum atomic E-state index is -0.616. The number of hydrogen-bond acceptors (Lipinski definition) is 6. The third-order valence-corrected chi connectivity index (χ3v) is 8.01. The zero-order valence-corrected chi connectivity index (χ0v) is 18.2. The highest BCUT2D eigenvalue weighted by Gasteiger charge is 2.24. The average molecular weight is 417 g/mol. The number of ether oxygens (including phenoxy) is 1. The number of aromatic amines is 1. The maximum Gasteiger partial charge on any atom is 0.349 e. The minimum Gasteiger partial charge on any atom is -0.450 e. The van der Waals surface area contributed by atoms with Gasteiger partial charge in [0.05, 0.1) is 5.39 Å². The van der Waals surface area contributed by atoms with Gasteiger partial charge < -0.3 is 9.72 Å². The van der Waals surface area contributed by atoms with Gasteiger partial charge in [0.1, 0.15) is 9.71 Å². The summed E-state index contributed by atoms with van der Waals surface area (Å²) < 4.78 is 5.64. The molecule has 0 aromatic carbocycles. The van der Waals surface area contributed by atoms with E-state index in [-0.39, 0.29) is 11.5 Å². The zero-order valence-electron chi connectivity index (χ0n) is 16.5. The largest absolute Gasteiger partial charge is 0.450 e. The van der Waals surface area contributed by atoms with E-state index in [4.69, 9.17) is 4.74 Å². The van der Waals surface area contributed by atoms with E-state index in [1.54, 1.807) is 6.92 Å². The van der Waals surface area contributed by atoms with E-state index in [2.05, 4.69) is 16.9 Å². The van der Waals surface area contributed by atoms with Gasteiger partial charge in [-0.2, -0.15) is 0 Å². The molecule has 3 aromatic rings. The standard InChI is InChI=1S/C21H24N2O3S2/c1-5-13-6-7-15-14(8-13)9-16(28-15)21(25)26-11(3)18-22-19(24)17-10(2)12(4)27-20(17)23-18/h9,11,13H,5-8H2,1-4H3,(H,22,23,24)/t11-,13+/m1/s1. The van der Waals surface area contributed by atoms with Crippen LogP contribution in [0.2, 0.25) is 0 Å². The topological polar surface area (TPSA) is 72.0 Å².